The third-order valence-corrected chi connectivity index (χ3v) is 4.32. The SMILES string of the molecule is CC(=O)Oc1c(Br)cc(/C=C2/Oc3ccccc3NC2=O)cc1Br. The molecule has 0 saturated carbocycles. The number of carbonyl (C=O) groups is 2. The number of fused-ring (bicyclic) bond motifs is 1. The summed E-state index contributed by atoms with van der Waals surface area (Å²) in [5, 5.41) is 2.77. The molecule has 0 aromatic heterocycles. The highest BCUT2D eigenvalue weighted by molar-refractivity contribution is 9.11. The first-order chi connectivity index (χ1) is 11.4. The smallest absolute Gasteiger partial charge is 0.308 e. The number of nitrogens with one attached hydrogen (secondary N) is 1. The van der Waals surface area contributed by atoms with Gasteiger partial charge in [-0.1, -0.05) is 12.1 Å². The van der Waals surface area contributed by atoms with Crippen LogP contribution in [-0.2, 0) is 9.59 Å². The Bertz CT molecular complexity index is 854. The Hall–Kier alpha value is -2.12. The Labute approximate surface area is 154 Å². The predicted octanol–water partition coefficient (Wildman–Crippen LogP) is 4.51. The van der Waals surface area contributed by atoms with Gasteiger partial charge < -0.3 is 14.8 Å². The van der Waals surface area contributed by atoms with E-state index < -0.39 is 5.97 Å². The van der Waals surface area contributed by atoms with Gasteiger partial charge in [0.1, 0.15) is 0 Å². The summed E-state index contributed by atoms with van der Waals surface area (Å²) in [4.78, 5) is 23.3. The summed E-state index contributed by atoms with van der Waals surface area (Å²) in [6, 6.07) is 10.7. The van der Waals surface area contributed by atoms with Crippen LogP contribution in [0, 0.1) is 0 Å². The van der Waals surface area contributed by atoms with Crippen LogP contribution < -0.4 is 14.8 Å². The van der Waals surface area contributed by atoms with Crippen molar-refractivity contribution in [3.8, 4) is 11.5 Å². The summed E-state index contributed by atoms with van der Waals surface area (Å²) in [6.45, 7) is 1.33. The number of benzene rings is 2. The largest absolute Gasteiger partial charge is 0.449 e. The summed E-state index contributed by atoms with van der Waals surface area (Å²) in [5.41, 5.74) is 1.33. The van der Waals surface area contributed by atoms with Gasteiger partial charge >= 0.3 is 5.97 Å². The van der Waals surface area contributed by atoms with Gasteiger partial charge in [0.2, 0.25) is 0 Å². The summed E-state index contributed by atoms with van der Waals surface area (Å²) in [5.74, 6) is 0.383. The third kappa shape index (κ3) is 3.52. The number of anilines is 1. The fraction of sp³-hybridized carbons (Fsp3) is 0.0588. The quantitative estimate of drug-likeness (QED) is 0.413. The van der Waals surface area contributed by atoms with E-state index in [4.69, 9.17) is 9.47 Å². The lowest BCUT2D eigenvalue weighted by molar-refractivity contribution is -0.132. The molecule has 1 amide bonds. The molecule has 5 nitrogen and oxygen atoms in total. The van der Waals surface area contributed by atoms with Gasteiger partial charge in [0, 0.05) is 6.92 Å². The van der Waals surface area contributed by atoms with E-state index in [2.05, 4.69) is 37.2 Å². The van der Waals surface area contributed by atoms with E-state index in [-0.39, 0.29) is 11.7 Å². The number of para-hydroxylation sites is 2. The maximum Gasteiger partial charge on any atom is 0.308 e. The molecule has 0 bridgehead atoms. The first kappa shape index (κ1) is 16.7. The number of hydrogen-bond donors (Lipinski definition) is 1. The summed E-state index contributed by atoms with van der Waals surface area (Å²) in [6.07, 6.45) is 1.61. The van der Waals surface area contributed by atoms with Crippen LogP contribution in [0.25, 0.3) is 6.08 Å². The van der Waals surface area contributed by atoms with Crippen molar-refractivity contribution in [3.63, 3.8) is 0 Å². The van der Waals surface area contributed by atoms with Crippen molar-refractivity contribution < 1.29 is 19.1 Å². The zero-order valence-electron chi connectivity index (χ0n) is 12.4. The van der Waals surface area contributed by atoms with E-state index in [1.54, 1.807) is 30.3 Å². The van der Waals surface area contributed by atoms with Crippen molar-refractivity contribution in [1.82, 2.24) is 0 Å². The van der Waals surface area contributed by atoms with Crippen molar-refractivity contribution in [2.24, 2.45) is 0 Å². The minimum Gasteiger partial charge on any atom is -0.449 e. The van der Waals surface area contributed by atoms with Gasteiger partial charge in [-0.2, -0.15) is 0 Å². The van der Waals surface area contributed by atoms with Crippen LogP contribution in [0.4, 0.5) is 5.69 Å². The van der Waals surface area contributed by atoms with Gasteiger partial charge in [0.25, 0.3) is 5.91 Å². The second-order valence-electron chi connectivity index (χ2n) is 4.97. The molecule has 24 heavy (non-hydrogen) atoms. The van der Waals surface area contributed by atoms with Crippen molar-refractivity contribution in [3.05, 3.63) is 56.7 Å². The standard InChI is InChI=1S/C17H11Br2NO4/c1-9(21)23-16-11(18)6-10(7-12(16)19)8-15-17(22)20-13-4-2-3-5-14(13)24-15/h2-8H,1H3,(H,20,22)/b15-8+. The zero-order chi connectivity index (χ0) is 17.3. The van der Waals surface area contributed by atoms with Crippen LogP contribution in [0.15, 0.2) is 51.1 Å². The van der Waals surface area contributed by atoms with Crippen LogP contribution in [0.1, 0.15) is 12.5 Å². The number of amides is 1. The number of rotatable bonds is 2. The molecule has 1 N–H and O–H groups in total. The normalized spacial score (nSPS) is 14.6. The Morgan fingerprint density at radius 1 is 1.21 bits per heavy atom. The molecule has 0 spiro atoms. The Morgan fingerprint density at radius 2 is 1.88 bits per heavy atom. The van der Waals surface area contributed by atoms with Gasteiger partial charge in [-0.05, 0) is 67.8 Å². The van der Waals surface area contributed by atoms with Crippen molar-refractivity contribution in [2.75, 3.05) is 5.32 Å². The first-order valence-electron chi connectivity index (χ1n) is 6.91. The van der Waals surface area contributed by atoms with Crippen molar-refractivity contribution >= 4 is 55.5 Å². The summed E-state index contributed by atoms with van der Waals surface area (Å²) in [7, 11) is 0. The fourth-order valence-electron chi connectivity index (χ4n) is 2.16. The second kappa shape index (κ2) is 6.78. The molecule has 122 valence electrons. The Balaban J connectivity index is 1.94. The number of halogens is 2. The summed E-state index contributed by atoms with van der Waals surface area (Å²) >= 11 is 6.71. The number of esters is 1. The average molecular weight is 453 g/mol. The van der Waals surface area contributed by atoms with Crippen molar-refractivity contribution in [1.29, 1.82) is 0 Å². The van der Waals surface area contributed by atoms with E-state index in [9.17, 15) is 9.59 Å². The molecule has 7 heteroatoms. The van der Waals surface area contributed by atoms with Gasteiger partial charge in [-0.3, -0.25) is 9.59 Å². The molecule has 3 rings (SSSR count). The minimum absolute atomic E-state index is 0.174. The highest BCUT2D eigenvalue weighted by Crippen LogP contribution is 2.36. The molecule has 1 aliphatic heterocycles. The van der Waals surface area contributed by atoms with E-state index >= 15 is 0 Å². The predicted molar refractivity (Wildman–Crippen MR) is 96.8 cm³/mol. The number of ether oxygens (including phenoxy) is 2. The summed E-state index contributed by atoms with van der Waals surface area (Å²) < 4.78 is 11.9. The Morgan fingerprint density at radius 3 is 2.54 bits per heavy atom. The van der Waals surface area contributed by atoms with Crippen LogP contribution in [0.3, 0.4) is 0 Å². The molecule has 0 saturated heterocycles. The van der Waals surface area contributed by atoms with E-state index in [1.165, 1.54) is 6.92 Å². The molecular formula is C17H11Br2NO4. The highest BCUT2D eigenvalue weighted by Gasteiger charge is 2.21. The Kier molecular flexibility index (Phi) is 4.73. The lowest BCUT2D eigenvalue weighted by Crippen LogP contribution is -2.23. The molecule has 0 radical (unpaired) electrons. The minimum atomic E-state index is -0.422. The van der Waals surface area contributed by atoms with E-state index in [0.29, 0.717) is 31.7 Å². The first-order valence-corrected chi connectivity index (χ1v) is 8.50. The van der Waals surface area contributed by atoms with Gasteiger partial charge in [-0.15, -0.1) is 0 Å². The van der Waals surface area contributed by atoms with E-state index in [1.807, 2.05) is 12.1 Å². The van der Waals surface area contributed by atoms with Gasteiger partial charge in [-0.25, -0.2) is 0 Å². The lowest BCUT2D eigenvalue weighted by Gasteiger charge is -2.19. The van der Waals surface area contributed by atoms with Crippen molar-refractivity contribution in [2.45, 2.75) is 6.92 Å². The van der Waals surface area contributed by atoms with Crippen LogP contribution >= 0.6 is 31.9 Å². The molecule has 0 atom stereocenters. The molecule has 2 aromatic rings. The van der Waals surface area contributed by atoms with E-state index in [0.717, 1.165) is 0 Å². The molecular weight excluding hydrogens is 442 g/mol. The molecule has 0 unspecified atom stereocenters. The maximum atomic E-state index is 12.1. The molecule has 1 heterocycles. The highest BCUT2D eigenvalue weighted by atomic mass is 79.9. The molecule has 0 aliphatic carbocycles. The fourth-order valence-corrected chi connectivity index (χ4v) is 3.54. The monoisotopic (exact) mass is 451 g/mol. The van der Waals surface area contributed by atoms with Gasteiger partial charge in [0.15, 0.2) is 17.3 Å². The maximum absolute atomic E-state index is 12.1. The third-order valence-electron chi connectivity index (χ3n) is 3.14. The van der Waals surface area contributed by atoms with Crippen LogP contribution in [-0.4, -0.2) is 11.9 Å². The zero-order valence-corrected chi connectivity index (χ0v) is 15.6. The lowest BCUT2D eigenvalue weighted by atomic mass is 10.1. The second-order valence-corrected chi connectivity index (χ2v) is 6.68. The molecule has 0 fully saturated rings. The topological polar surface area (TPSA) is 64.6 Å². The molecule has 2 aromatic carbocycles. The number of carbonyl (C=O) groups excluding carboxylic acids is 2. The number of hydrogen-bond acceptors (Lipinski definition) is 4. The average Bonchev–Trinajstić information content (AvgIpc) is 2.51. The van der Waals surface area contributed by atoms with Crippen LogP contribution in [0.5, 0.6) is 11.5 Å². The molecule has 1 aliphatic rings. The van der Waals surface area contributed by atoms with Crippen LogP contribution in [0.2, 0.25) is 0 Å². The van der Waals surface area contributed by atoms with Gasteiger partial charge in [0.05, 0.1) is 14.6 Å².